The zero-order valence-corrected chi connectivity index (χ0v) is 9.61. The predicted octanol–water partition coefficient (Wildman–Crippen LogP) is 0.648. The van der Waals surface area contributed by atoms with Gasteiger partial charge in [-0.25, -0.2) is 9.59 Å². The van der Waals surface area contributed by atoms with Crippen LogP contribution in [0.3, 0.4) is 0 Å². The van der Waals surface area contributed by atoms with Gasteiger partial charge in [0.25, 0.3) is 0 Å². The first-order valence-corrected chi connectivity index (χ1v) is 5.13. The molecule has 1 unspecified atom stereocenters. The number of hydrogen-bond donors (Lipinski definition) is 0. The van der Waals surface area contributed by atoms with Crippen molar-refractivity contribution in [2.45, 2.75) is 32.8 Å². The van der Waals surface area contributed by atoms with E-state index < -0.39 is 17.5 Å². The molecule has 6 heteroatoms. The van der Waals surface area contributed by atoms with Crippen LogP contribution in [0.4, 0.5) is 0 Å². The van der Waals surface area contributed by atoms with Crippen LogP contribution >= 0.6 is 0 Å². The lowest BCUT2D eigenvalue weighted by molar-refractivity contribution is -0.166. The highest BCUT2D eigenvalue weighted by atomic mass is 16.7. The Balaban J connectivity index is 2.61. The van der Waals surface area contributed by atoms with Gasteiger partial charge in [-0.3, -0.25) is 0 Å². The van der Waals surface area contributed by atoms with Crippen molar-refractivity contribution >= 4 is 17.7 Å². The van der Waals surface area contributed by atoms with Crippen molar-refractivity contribution in [3.8, 4) is 0 Å². The summed E-state index contributed by atoms with van der Waals surface area (Å²) >= 11 is 0. The number of ether oxygens (including phenoxy) is 2. The smallest absolute Gasteiger partial charge is 0.356 e. The highest BCUT2D eigenvalue weighted by molar-refractivity contribution is 6.37. The molecule has 1 rings (SSSR count). The second kappa shape index (κ2) is 4.96. The van der Waals surface area contributed by atoms with E-state index in [-0.39, 0.29) is 25.3 Å². The molecule has 0 aromatic heterocycles. The van der Waals surface area contributed by atoms with Crippen molar-refractivity contribution in [3.05, 3.63) is 0 Å². The van der Waals surface area contributed by atoms with Gasteiger partial charge in [-0.1, -0.05) is 5.16 Å². The number of carbonyl (C=O) groups excluding carboxylic acids is 2. The average Bonchev–Trinajstić information content (AvgIpc) is 2.63. The monoisotopic (exact) mass is 229 g/mol. The summed E-state index contributed by atoms with van der Waals surface area (Å²) in [5.41, 5.74) is -1.10. The maximum absolute atomic E-state index is 11.5. The molecule has 0 amide bonds. The summed E-state index contributed by atoms with van der Waals surface area (Å²) in [4.78, 5) is 27.8. The van der Waals surface area contributed by atoms with Gasteiger partial charge < -0.3 is 14.3 Å². The van der Waals surface area contributed by atoms with Gasteiger partial charge in [0.05, 0.1) is 19.6 Å². The number of oxime groups is 1. The second-order valence-corrected chi connectivity index (χ2v) is 3.48. The lowest BCUT2D eigenvalue weighted by atomic mass is 10.0. The molecule has 6 nitrogen and oxygen atoms in total. The number of rotatable bonds is 4. The zero-order chi connectivity index (χ0) is 12.2. The number of carbonyl (C=O) groups is 2. The Morgan fingerprint density at radius 1 is 1.38 bits per heavy atom. The molecule has 0 saturated carbocycles. The summed E-state index contributed by atoms with van der Waals surface area (Å²) in [7, 11) is 0. The molecule has 0 aromatic rings. The van der Waals surface area contributed by atoms with E-state index in [1.165, 1.54) is 6.92 Å². The molecule has 0 N–H and O–H groups in total. The van der Waals surface area contributed by atoms with Gasteiger partial charge in [0, 0.05) is 0 Å². The van der Waals surface area contributed by atoms with Crippen LogP contribution in [0.2, 0.25) is 0 Å². The van der Waals surface area contributed by atoms with Crippen molar-refractivity contribution in [2.24, 2.45) is 5.16 Å². The van der Waals surface area contributed by atoms with Crippen molar-refractivity contribution in [1.82, 2.24) is 0 Å². The molecule has 1 heterocycles. The van der Waals surface area contributed by atoms with Crippen LogP contribution in [-0.2, 0) is 23.9 Å². The van der Waals surface area contributed by atoms with Gasteiger partial charge in [-0.05, 0) is 20.8 Å². The molecule has 0 fully saturated rings. The molecule has 0 spiro atoms. The first kappa shape index (κ1) is 12.5. The molecule has 0 radical (unpaired) electrons. The van der Waals surface area contributed by atoms with Crippen LogP contribution in [-0.4, -0.2) is 36.5 Å². The lowest BCUT2D eigenvalue weighted by Crippen LogP contribution is -2.38. The molecular formula is C10H15NO5. The molecule has 0 aliphatic carbocycles. The molecule has 90 valence electrons. The third-order valence-corrected chi connectivity index (χ3v) is 2.08. The highest BCUT2D eigenvalue weighted by Crippen LogP contribution is 2.25. The first-order chi connectivity index (χ1) is 7.53. The predicted molar refractivity (Wildman–Crippen MR) is 54.8 cm³/mol. The van der Waals surface area contributed by atoms with E-state index in [0.29, 0.717) is 0 Å². The second-order valence-electron chi connectivity index (χ2n) is 3.48. The molecule has 1 aliphatic heterocycles. The summed E-state index contributed by atoms with van der Waals surface area (Å²) in [5.74, 6) is -1.09. The minimum Gasteiger partial charge on any atom is -0.463 e. The fourth-order valence-electron chi connectivity index (χ4n) is 1.26. The standard InChI is InChI=1S/C10H15NO5/c1-4-14-8(12)7-6-10(3,16-11-7)9(13)15-5-2/h4-6H2,1-3H3. The summed E-state index contributed by atoms with van der Waals surface area (Å²) < 4.78 is 9.58. The van der Waals surface area contributed by atoms with Crippen LogP contribution in [0.15, 0.2) is 5.16 Å². The third-order valence-electron chi connectivity index (χ3n) is 2.08. The SMILES string of the molecule is CCOC(=O)C1=NOC(C)(C(=O)OCC)C1. The summed E-state index contributed by atoms with van der Waals surface area (Å²) in [6.45, 7) is 5.43. The molecule has 16 heavy (non-hydrogen) atoms. The van der Waals surface area contributed by atoms with E-state index in [4.69, 9.17) is 14.3 Å². The number of nitrogens with zero attached hydrogens (tertiary/aromatic N) is 1. The van der Waals surface area contributed by atoms with E-state index in [2.05, 4.69) is 5.16 Å². The topological polar surface area (TPSA) is 74.2 Å². The van der Waals surface area contributed by atoms with Crippen LogP contribution in [0.1, 0.15) is 27.2 Å². The summed E-state index contributed by atoms with van der Waals surface area (Å²) in [5, 5.41) is 3.55. The Hall–Kier alpha value is -1.59. The Morgan fingerprint density at radius 2 is 2.00 bits per heavy atom. The lowest BCUT2D eigenvalue weighted by Gasteiger charge is -2.18. The van der Waals surface area contributed by atoms with E-state index in [1.807, 2.05) is 0 Å². The highest BCUT2D eigenvalue weighted by Gasteiger charge is 2.45. The van der Waals surface area contributed by atoms with Crippen molar-refractivity contribution in [3.63, 3.8) is 0 Å². The number of hydrogen-bond acceptors (Lipinski definition) is 6. The van der Waals surface area contributed by atoms with Gasteiger partial charge in [-0.15, -0.1) is 0 Å². The van der Waals surface area contributed by atoms with E-state index in [9.17, 15) is 9.59 Å². The average molecular weight is 229 g/mol. The van der Waals surface area contributed by atoms with Gasteiger partial charge >= 0.3 is 11.9 Å². The van der Waals surface area contributed by atoms with Crippen molar-refractivity contribution in [1.29, 1.82) is 0 Å². The minimum absolute atomic E-state index is 0.0741. The Kier molecular flexibility index (Phi) is 3.87. The van der Waals surface area contributed by atoms with E-state index in [1.54, 1.807) is 13.8 Å². The van der Waals surface area contributed by atoms with Gasteiger partial charge in [0.1, 0.15) is 0 Å². The van der Waals surface area contributed by atoms with E-state index in [0.717, 1.165) is 0 Å². The first-order valence-electron chi connectivity index (χ1n) is 5.13. The normalized spacial score (nSPS) is 23.3. The number of esters is 2. The van der Waals surface area contributed by atoms with Crippen LogP contribution in [0.5, 0.6) is 0 Å². The van der Waals surface area contributed by atoms with Crippen LogP contribution in [0, 0.1) is 0 Å². The fraction of sp³-hybridized carbons (Fsp3) is 0.700. The Morgan fingerprint density at radius 3 is 2.56 bits per heavy atom. The van der Waals surface area contributed by atoms with Crippen molar-refractivity contribution < 1.29 is 23.9 Å². The quantitative estimate of drug-likeness (QED) is 0.661. The largest absolute Gasteiger partial charge is 0.463 e. The molecule has 0 bridgehead atoms. The minimum atomic E-state index is -1.21. The van der Waals surface area contributed by atoms with Gasteiger partial charge in [0.15, 0.2) is 5.71 Å². The molecule has 1 atom stereocenters. The zero-order valence-electron chi connectivity index (χ0n) is 9.61. The molecular weight excluding hydrogens is 214 g/mol. The fourth-order valence-corrected chi connectivity index (χ4v) is 1.26. The molecule has 1 aliphatic rings. The van der Waals surface area contributed by atoms with Gasteiger partial charge in [0.2, 0.25) is 5.60 Å². The summed E-state index contributed by atoms with van der Waals surface area (Å²) in [6, 6.07) is 0. The van der Waals surface area contributed by atoms with Crippen molar-refractivity contribution in [2.75, 3.05) is 13.2 Å². The Bertz CT molecular complexity index is 325. The van der Waals surface area contributed by atoms with Crippen LogP contribution in [0.25, 0.3) is 0 Å². The van der Waals surface area contributed by atoms with E-state index >= 15 is 0 Å². The molecule has 0 aromatic carbocycles. The maximum atomic E-state index is 11.5. The third kappa shape index (κ3) is 2.50. The van der Waals surface area contributed by atoms with Crippen LogP contribution < -0.4 is 0 Å². The Labute approximate surface area is 93.5 Å². The maximum Gasteiger partial charge on any atom is 0.356 e. The summed E-state index contributed by atoms with van der Waals surface area (Å²) in [6.07, 6.45) is 0.0741. The molecule has 0 saturated heterocycles. The van der Waals surface area contributed by atoms with Gasteiger partial charge in [-0.2, -0.15) is 0 Å².